The second-order valence-corrected chi connectivity index (χ2v) is 5.82. The molecule has 1 saturated heterocycles. The van der Waals surface area contributed by atoms with Gasteiger partial charge in [0, 0.05) is 32.7 Å². The number of aliphatic hydroxyl groups is 1. The zero-order valence-corrected chi connectivity index (χ0v) is 13.7. The van der Waals surface area contributed by atoms with Crippen molar-refractivity contribution in [3.8, 4) is 0 Å². The number of hydrogen-bond acceptors (Lipinski definition) is 4. The topological polar surface area (TPSA) is 53.0 Å². The third kappa shape index (κ3) is 5.16. The Morgan fingerprint density at radius 3 is 2.57 bits per heavy atom. The molecule has 1 aliphatic rings. The Morgan fingerprint density at radius 2 is 1.96 bits per heavy atom. The number of carbonyl (C=O) groups is 1. The van der Waals surface area contributed by atoms with Crippen LogP contribution in [0.4, 0.5) is 0 Å². The number of benzene rings is 1. The third-order valence-corrected chi connectivity index (χ3v) is 4.11. The Hall–Kier alpha value is -1.69. The number of ether oxygens (including phenoxy) is 1. The normalized spacial score (nSPS) is 18.4. The second kappa shape index (κ2) is 8.82. The van der Waals surface area contributed by atoms with Crippen molar-refractivity contribution in [2.24, 2.45) is 0 Å². The first-order valence-electron chi connectivity index (χ1n) is 8.08. The summed E-state index contributed by atoms with van der Waals surface area (Å²) >= 11 is 0. The van der Waals surface area contributed by atoms with Gasteiger partial charge in [-0.3, -0.25) is 9.69 Å². The maximum atomic E-state index is 12.3. The first-order chi connectivity index (χ1) is 11.1. The fourth-order valence-corrected chi connectivity index (χ4v) is 2.72. The van der Waals surface area contributed by atoms with Crippen molar-refractivity contribution in [1.29, 1.82) is 0 Å². The summed E-state index contributed by atoms with van der Waals surface area (Å²) in [5.41, 5.74) is 0.928. The Balaban J connectivity index is 1.77. The van der Waals surface area contributed by atoms with Crippen molar-refractivity contribution < 1.29 is 14.6 Å². The van der Waals surface area contributed by atoms with Gasteiger partial charge in [0.15, 0.2) is 0 Å². The van der Waals surface area contributed by atoms with Gasteiger partial charge in [-0.05, 0) is 12.5 Å². The summed E-state index contributed by atoms with van der Waals surface area (Å²) in [5.74, 6) is 0.0232. The molecule has 0 unspecified atom stereocenters. The predicted octanol–water partition coefficient (Wildman–Crippen LogP) is 1.46. The van der Waals surface area contributed by atoms with Crippen molar-refractivity contribution in [2.75, 3.05) is 39.3 Å². The molecule has 1 amide bonds. The molecular weight excluding hydrogens is 292 g/mol. The summed E-state index contributed by atoms with van der Waals surface area (Å²) in [5, 5.41) is 10.3. The average molecular weight is 318 g/mol. The van der Waals surface area contributed by atoms with Crippen LogP contribution in [0.15, 0.2) is 43.0 Å². The predicted molar refractivity (Wildman–Crippen MR) is 90.0 cm³/mol. The molecule has 0 spiro atoms. The molecule has 23 heavy (non-hydrogen) atoms. The van der Waals surface area contributed by atoms with Gasteiger partial charge in [0.2, 0.25) is 0 Å². The van der Waals surface area contributed by atoms with Crippen molar-refractivity contribution in [2.45, 2.75) is 19.1 Å². The summed E-state index contributed by atoms with van der Waals surface area (Å²) in [6, 6.07) is 9.67. The van der Waals surface area contributed by atoms with E-state index >= 15 is 0 Å². The number of rotatable bonds is 7. The van der Waals surface area contributed by atoms with Gasteiger partial charge in [-0.15, -0.1) is 6.58 Å². The van der Waals surface area contributed by atoms with E-state index in [1.54, 1.807) is 13.0 Å². The van der Waals surface area contributed by atoms with Crippen LogP contribution in [0.5, 0.6) is 0 Å². The Bertz CT molecular complexity index is 498. The van der Waals surface area contributed by atoms with Crippen LogP contribution in [0.25, 0.3) is 0 Å². The molecule has 126 valence electrons. The van der Waals surface area contributed by atoms with E-state index in [4.69, 9.17) is 4.74 Å². The fraction of sp³-hybridized carbons (Fsp3) is 0.500. The van der Waals surface area contributed by atoms with Gasteiger partial charge in [-0.25, -0.2) is 0 Å². The highest BCUT2D eigenvalue weighted by atomic mass is 16.5. The summed E-state index contributed by atoms with van der Waals surface area (Å²) in [6.07, 6.45) is 0.718. The van der Waals surface area contributed by atoms with Crippen LogP contribution in [0.1, 0.15) is 18.6 Å². The van der Waals surface area contributed by atoms with Gasteiger partial charge in [0.05, 0.1) is 12.7 Å². The van der Waals surface area contributed by atoms with E-state index in [0.717, 1.165) is 18.7 Å². The molecule has 2 rings (SSSR count). The van der Waals surface area contributed by atoms with Crippen LogP contribution in [-0.2, 0) is 9.53 Å². The molecule has 1 aromatic rings. The second-order valence-electron chi connectivity index (χ2n) is 5.82. The Morgan fingerprint density at radius 1 is 1.30 bits per heavy atom. The van der Waals surface area contributed by atoms with E-state index in [1.165, 1.54) is 0 Å². The van der Waals surface area contributed by atoms with Crippen LogP contribution >= 0.6 is 0 Å². The average Bonchev–Trinajstić information content (AvgIpc) is 2.60. The van der Waals surface area contributed by atoms with Crippen LogP contribution in [0.3, 0.4) is 0 Å². The van der Waals surface area contributed by atoms with Crippen LogP contribution < -0.4 is 0 Å². The summed E-state index contributed by atoms with van der Waals surface area (Å²) in [7, 11) is 0. The van der Waals surface area contributed by atoms with Gasteiger partial charge in [-0.2, -0.15) is 0 Å². The zero-order chi connectivity index (χ0) is 16.7. The van der Waals surface area contributed by atoms with Gasteiger partial charge < -0.3 is 14.7 Å². The molecular formula is C18H26N2O3. The number of piperazine rings is 1. The minimum Gasteiger partial charge on any atom is -0.387 e. The number of aliphatic hydroxyl groups excluding tert-OH is 1. The molecule has 5 nitrogen and oxygen atoms in total. The number of nitrogens with zero attached hydrogens (tertiary/aromatic N) is 2. The van der Waals surface area contributed by atoms with E-state index in [0.29, 0.717) is 26.2 Å². The maximum absolute atomic E-state index is 12.3. The summed E-state index contributed by atoms with van der Waals surface area (Å²) in [4.78, 5) is 16.3. The lowest BCUT2D eigenvalue weighted by molar-refractivity contribution is -0.143. The number of hydrogen-bond donors (Lipinski definition) is 1. The SMILES string of the molecule is C=CCO[C@@H](C)C(=O)N1CCN(C[C@H](O)c2ccccc2)CC1. The molecule has 1 aliphatic heterocycles. The van der Waals surface area contributed by atoms with Gasteiger partial charge in [0.25, 0.3) is 5.91 Å². The molecule has 0 saturated carbocycles. The van der Waals surface area contributed by atoms with E-state index in [-0.39, 0.29) is 5.91 Å². The highest BCUT2D eigenvalue weighted by Crippen LogP contribution is 2.15. The number of carbonyl (C=O) groups excluding carboxylic acids is 1. The molecule has 0 aromatic heterocycles. The Labute approximate surface area is 138 Å². The molecule has 0 bridgehead atoms. The van der Waals surface area contributed by atoms with Gasteiger partial charge in [-0.1, -0.05) is 36.4 Å². The summed E-state index contributed by atoms with van der Waals surface area (Å²) in [6.45, 7) is 9.21. The maximum Gasteiger partial charge on any atom is 0.251 e. The molecule has 5 heteroatoms. The largest absolute Gasteiger partial charge is 0.387 e. The van der Waals surface area contributed by atoms with E-state index < -0.39 is 12.2 Å². The van der Waals surface area contributed by atoms with Crippen LogP contribution in [0, 0.1) is 0 Å². The smallest absolute Gasteiger partial charge is 0.251 e. The number of β-amino-alcohol motifs (C(OH)–C–C–N with tert-alkyl or cyclic N) is 1. The first kappa shape index (κ1) is 17.7. The van der Waals surface area contributed by atoms with E-state index in [1.807, 2.05) is 35.2 Å². The minimum atomic E-state index is -0.492. The number of amides is 1. The summed E-state index contributed by atoms with van der Waals surface area (Å²) < 4.78 is 5.39. The lowest BCUT2D eigenvalue weighted by Crippen LogP contribution is -2.52. The lowest BCUT2D eigenvalue weighted by Gasteiger charge is -2.36. The molecule has 1 N–H and O–H groups in total. The molecule has 0 aliphatic carbocycles. The van der Waals surface area contributed by atoms with E-state index in [9.17, 15) is 9.90 Å². The molecule has 1 aromatic carbocycles. The standard InChI is InChI=1S/C18H26N2O3/c1-3-13-23-15(2)18(22)20-11-9-19(10-12-20)14-17(21)16-7-5-4-6-8-16/h3-8,15,17,21H,1,9-14H2,2H3/t15-,17-/m0/s1. The van der Waals surface area contributed by atoms with Crippen LogP contribution in [0.2, 0.25) is 0 Å². The van der Waals surface area contributed by atoms with Crippen molar-refractivity contribution in [3.63, 3.8) is 0 Å². The monoisotopic (exact) mass is 318 g/mol. The van der Waals surface area contributed by atoms with Crippen molar-refractivity contribution in [1.82, 2.24) is 9.80 Å². The molecule has 1 fully saturated rings. The lowest BCUT2D eigenvalue weighted by atomic mass is 10.1. The molecule has 0 radical (unpaired) electrons. The Kier molecular flexibility index (Phi) is 6.77. The molecule has 1 heterocycles. The third-order valence-electron chi connectivity index (χ3n) is 4.11. The van der Waals surface area contributed by atoms with Crippen molar-refractivity contribution >= 4 is 5.91 Å². The highest BCUT2D eigenvalue weighted by molar-refractivity contribution is 5.80. The molecule has 2 atom stereocenters. The highest BCUT2D eigenvalue weighted by Gasteiger charge is 2.26. The van der Waals surface area contributed by atoms with Crippen LogP contribution in [-0.4, -0.2) is 66.2 Å². The first-order valence-corrected chi connectivity index (χ1v) is 8.08. The minimum absolute atomic E-state index is 0.0232. The zero-order valence-electron chi connectivity index (χ0n) is 13.7. The van der Waals surface area contributed by atoms with Gasteiger partial charge in [0.1, 0.15) is 6.10 Å². The van der Waals surface area contributed by atoms with E-state index in [2.05, 4.69) is 11.5 Å². The van der Waals surface area contributed by atoms with Crippen molar-refractivity contribution in [3.05, 3.63) is 48.6 Å². The quantitative estimate of drug-likeness (QED) is 0.773. The fourth-order valence-electron chi connectivity index (χ4n) is 2.72. The van der Waals surface area contributed by atoms with Gasteiger partial charge >= 0.3 is 0 Å².